The highest BCUT2D eigenvalue weighted by Gasteiger charge is 2.39. The quantitative estimate of drug-likeness (QED) is 0.883. The van der Waals surface area contributed by atoms with Gasteiger partial charge >= 0.3 is 6.09 Å². The topological polar surface area (TPSA) is 76.7 Å². The molecule has 2 aromatic rings. The van der Waals surface area contributed by atoms with Crippen molar-refractivity contribution >= 4 is 12.0 Å². The van der Waals surface area contributed by atoms with E-state index in [2.05, 4.69) is 10.6 Å². The second-order valence-corrected chi connectivity index (χ2v) is 5.42. The second-order valence-electron chi connectivity index (χ2n) is 5.42. The maximum Gasteiger partial charge on any atom is 0.408 e. The lowest BCUT2D eigenvalue weighted by Crippen LogP contribution is -2.43. The molecule has 0 bridgehead atoms. The fraction of sp³-hybridized carbons (Fsp3) is 0.222. The summed E-state index contributed by atoms with van der Waals surface area (Å²) in [7, 11) is 1.60. The molecule has 124 valence electrons. The molecule has 0 aromatic heterocycles. The number of methoxy groups -OCH3 is 1. The summed E-state index contributed by atoms with van der Waals surface area (Å²) in [6, 6.07) is 15.9. The van der Waals surface area contributed by atoms with Crippen molar-refractivity contribution in [2.75, 3.05) is 7.11 Å². The van der Waals surface area contributed by atoms with Gasteiger partial charge in [0.25, 0.3) is 0 Å². The Kier molecular flexibility index (Phi) is 4.65. The maximum absolute atomic E-state index is 12.4. The number of amides is 2. The molecule has 2 unspecified atom stereocenters. The largest absolute Gasteiger partial charge is 0.497 e. The molecule has 1 aliphatic rings. The van der Waals surface area contributed by atoms with Crippen LogP contribution in [0.15, 0.2) is 54.6 Å². The monoisotopic (exact) mass is 326 g/mol. The van der Waals surface area contributed by atoms with Gasteiger partial charge in [0, 0.05) is 6.54 Å². The van der Waals surface area contributed by atoms with Crippen LogP contribution < -0.4 is 15.4 Å². The molecular weight excluding hydrogens is 308 g/mol. The predicted octanol–water partition coefficient (Wildman–Crippen LogP) is 2.16. The zero-order chi connectivity index (χ0) is 16.9. The van der Waals surface area contributed by atoms with Gasteiger partial charge in [-0.2, -0.15) is 0 Å². The van der Waals surface area contributed by atoms with Crippen LogP contribution in [-0.2, 0) is 16.1 Å². The summed E-state index contributed by atoms with van der Waals surface area (Å²) < 4.78 is 10.3. The highest BCUT2D eigenvalue weighted by molar-refractivity contribution is 5.88. The van der Waals surface area contributed by atoms with Crippen molar-refractivity contribution in [2.45, 2.75) is 18.7 Å². The molecular formula is C18H18N2O4. The van der Waals surface area contributed by atoms with Gasteiger partial charge in [-0.25, -0.2) is 4.79 Å². The first-order valence-corrected chi connectivity index (χ1v) is 7.60. The number of alkyl carbamates (subject to hydrolysis) is 1. The lowest BCUT2D eigenvalue weighted by molar-refractivity contribution is -0.124. The first-order valence-electron chi connectivity index (χ1n) is 7.60. The summed E-state index contributed by atoms with van der Waals surface area (Å²) in [5.41, 5.74) is 1.71. The van der Waals surface area contributed by atoms with Gasteiger partial charge < -0.3 is 20.1 Å². The number of hydrogen-bond acceptors (Lipinski definition) is 4. The van der Waals surface area contributed by atoms with Crippen LogP contribution in [0, 0.1) is 0 Å². The van der Waals surface area contributed by atoms with Gasteiger partial charge in [-0.1, -0.05) is 42.5 Å². The van der Waals surface area contributed by atoms with Crippen LogP contribution in [0.3, 0.4) is 0 Å². The second kappa shape index (κ2) is 7.04. The average molecular weight is 326 g/mol. The summed E-state index contributed by atoms with van der Waals surface area (Å²) in [6.45, 7) is 0.358. The molecule has 1 heterocycles. The Hall–Kier alpha value is -3.02. The number of benzene rings is 2. The van der Waals surface area contributed by atoms with Crippen LogP contribution in [-0.4, -0.2) is 25.2 Å². The van der Waals surface area contributed by atoms with E-state index in [-0.39, 0.29) is 5.91 Å². The zero-order valence-electron chi connectivity index (χ0n) is 13.2. The van der Waals surface area contributed by atoms with Crippen molar-refractivity contribution in [3.05, 3.63) is 65.7 Å². The molecule has 1 fully saturated rings. The van der Waals surface area contributed by atoms with Crippen LogP contribution in [0.5, 0.6) is 5.75 Å². The SMILES string of the molecule is COc1ccc(CNC(=O)C2NC(=O)OC2c2ccccc2)cc1. The van der Waals surface area contributed by atoms with Crippen molar-refractivity contribution in [2.24, 2.45) is 0 Å². The van der Waals surface area contributed by atoms with Crippen molar-refractivity contribution in [1.29, 1.82) is 0 Å². The Balaban J connectivity index is 1.65. The summed E-state index contributed by atoms with van der Waals surface area (Å²) in [5.74, 6) is 0.469. The van der Waals surface area contributed by atoms with Gasteiger partial charge in [0.15, 0.2) is 12.1 Å². The van der Waals surface area contributed by atoms with E-state index in [4.69, 9.17) is 9.47 Å². The van der Waals surface area contributed by atoms with Crippen molar-refractivity contribution in [3.8, 4) is 5.75 Å². The van der Waals surface area contributed by atoms with E-state index < -0.39 is 18.2 Å². The van der Waals surface area contributed by atoms with Crippen LogP contribution in [0.25, 0.3) is 0 Å². The number of ether oxygens (including phenoxy) is 2. The van der Waals surface area contributed by atoms with Gasteiger partial charge in [0.2, 0.25) is 5.91 Å². The number of carbonyl (C=O) groups is 2. The molecule has 6 heteroatoms. The van der Waals surface area contributed by atoms with Crippen LogP contribution >= 0.6 is 0 Å². The summed E-state index contributed by atoms with van der Waals surface area (Å²) in [6.07, 6.45) is -1.22. The molecule has 0 aliphatic carbocycles. The van der Waals surface area contributed by atoms with E-state index in [0.717, 1.165) is 16.9 Å². The third-order valence-corrected chi connectivity index (χ3v) is 3.85. The highest BCUT2D eigenvalue weighted by Crippen LogP contribution is 2.26. The lowest BCUT2D eigenvalue weighted by atomic mass is 10.0. The number of hydrogen-bond donors (Lipinski definition) is 2. The molecule has 2 amide bonds. The van der Waals surface area contributed by atoms with E-state index in [1.165, 1.54) is 0 Å². The molecule has 2 atom stereocenters. The van der Waals surface area contributed by atoms with E-state index in [0.29, 0.717) is 6.54 Å². The highest BCUT2D eigenvalue weighted by atomic mass is 16.6. The summed E-state index contributed by atoms with van der Waals surface area (Å²) in [5, 5.41) is 5.39. The number of nitrogens with one attached hydrogen (secondary N) is 2. The molecule has 6 nitrogen and oxygen atoms in total. The number of rotatable bonds is 5. The first-order chi connectivity index (χ1) is 11.7. The minimum Gasteiger partial charge on any atom is -0.497 e. The Morgan fingerprint density at radius 3 is 2.54 bits per heavy atom. The maximum atomic E-state index is 12.4. The van der Waals surface area contributed by atoms with E-state index in [9.17, 15) is 9.59 Å². The summed E-state index contributed by atoms with van der Waals surface area (Å²) >= 11 is 0. The Morgan fingerprint density at radius 1 is 1.17 bits per heavy atom. The molecule has 1 aliphatic heterocycles. The van der Waals surface area contributed by atoms with Gasteiger partial charge in [0.1, 0.15) is 5.75 Å². The van der Waals surface area contributed by atoms with Crippen molar-refractivity contribution < 1.29 is 19.1 Å². The van der Waals surface area contributed by atoms with E-state index >= 15 is 0 Å². The van der Waals surface area contributed by atoms with Crippen LogP contribution in [0.4, 0.5) is 4.79 Å². The smallest absolute Gasteiger partial charge is 0.408 e. The molecule has 0 spiro atoms. The van der Waals surface area contributed by atoms with Crippen molar-refractivity contribution in [3.63, 3.8) is 0 Å². The molecule has 2 aromatic carbocycles. The summed E-state index contributed by atoms with van der Waals surface area (Å²) in [4.78, 5) is 24.0. The van der Waals surface area contributed by atoms with Crippen LogP contribution in [0.1, 0.15) is 17.2 Å². The lowest BCUT2D eigenvalue weighted by Gasteiger charge is -2.17. The predicted molar refractivity (Wildman–Crippen MR) is 87.4 cm³/mol. The normalized spacial score (nSPS) is 19.3. The molecule has 1 saturated heterocycles. The first kappa shape index (κ1) is 15.9. The van der Waals surface area contributed by atoms with Crippen molar-refractivity contribution in [1.82, 2.24) is 10.6 Å². The molecule has 0 radical (unpaired) electrons. The Labute approximate surface area is 139 Å². The fourth-order valence-electron chi connectivity index (χ4n) is 2.57. The Bertz CT molecular complexity index is 716. The zero-order valence-corrected chi connectivity index (χ0v) is 13.2. The molecule has 3 rings (SSSR count). The van der Waals surface area contributed by atoms with Gasteiger partial charge in [-0.3, -0.25) is 4.79 Å². The van der Waals surface area contributed by atoms with Crippen LogP contribution in [0.2, 0.25) is 0 Å². The Morgan fingerprint density at radius 2 is 1.88 bits per heavy atom. The third kappa shape index (κ3) is 3.48. The standard InChI is InChI=1S/C18H18N2O4/c1-23-14-9-7-12(8-10-14)11-19-17(21)15-16(24-18(22)20-15)13-5-3-2-4-6-13/h2-10,15-16H,11H2,1H3,(H,19,21)(H,20,22). The number of cyclic esters (lactones) is 1. The van der Waals surface area contributed by atoms with E-state index in [1.54, 1.807) is 7.11 Å². The van der Waals surface area contributed by atoms with Gasteiger partial charge in [-0.05, 0) is 23.3 Å². The molecule has 24 heavy (non-hydrogen) atoms. The third-order valence-electron chi connectivity index (χ3n) is 3.85. The minimum absolute atomic E-state index is 0.287. The molecule has 0 saturated carbocycles. The van der Waals surface area contributed by atoms with Gasteiger partial charge in [0.05, 0.1) is 7.11 Å². The van der Waals surface area contributed by atoms with E-state index in [1.807, 2.05) is 54.6 Å². The number of carbonyl (C=O) groups excluding carboxylic acids is 2. The minimum atomic E-state index is -0.752. The average Bonchev–Trinajstić information content (AvgIpc) is 3.03. The molecule has 2 N–H and O–H groups in total. The van der Waals surface area contributed by atoms with Gasteiger partial charge in [-0.15, -0.1) is 0 Å². The fourth-order valence-corrected chi connectivity index (χ4v) is 2.57.